The molecule has 1 aromatic carbocycles. The van der Waals surface area contributed by atoms with Crippen LogP contribution in [0.4, 0.5) is 0 Å². The molecule has 0 spiro atoms. The molecule has 4 heteroatoms. The number of pyridine rings is 1. The van der Waals surface area contributed by atoms with Crippen molar-refractivity contribution in [2.75, 3.05) is 26.4 Å². The Hall–Kier alpha value is -1.65. The molecule has 1 aliphatic rings. The summed E-state index contributed by atoms with van der Waals surface area (Å²) in [6.07, 6.45) is 3.99. The van der Waals surface area contributed by atoms with E-state index in [1.807, 2.05) is 18.2 Å². The number of benzene rings is 1. The van der Waals surface area contributed by atoms with Crippen LogP contribution in [0.25, 0.3) is 10.9 Å². The molecule has 0 radical (unpaired) electrons. The van der Waals surface area contributed by atoms with Crippen LogP contribution in [-0.2, 0) is 4.74 Å². The smallest absolute Gasteiger partial charge is 0.145 e. The number of fused-ring (bicyclic) bond motifs is 1. The second kappa shape index (κ2) is 6.68. The summed E-state index contributed by atoms with van der Waals surface area (Å²) in [7, 11) is 0. The minimum atomic E-state index is 0.568. The first-order valence-electron chi connectivity index (χ1n) is 7.21. The standard InChI is InChI=1S/C16H20N2O2/c1-3-13-4-2-8-18-16(13)15(5-1)20-12-9-17-14-6-10-19-11-7-14/h1-5,8,14,17H,6-7,9-12H2. The molecule has 3 rings (SSSR count). The third-order valence-electron chi connectivity index (χ3n) is 3.61. The van der Waals surface area contributed by atoms with Crippen LogP contribution in [-0.4, -0.2) is 37.4 Å². The summed E-state index contributed by atoms with van der Waals surface area (Å²) in [5, 5.41) is 4.63. The van der Waals surface area contributed by atoms with Gasteiger partial charge in [0.25, 0.3) is 0 Å². The zero-order valence-electron chi connectivity index (χ0n) is 11.5. The minimum absolute atomic E-state index is 0.568. The molecule has 106 valence electrons. The summed E-state index contributed by atoms with van der Waals surface area (Å²) in [4.78, 5) is 4.39. The van der Waals surface area contributed by atoms with Gasteiger partial charge in [-0.05, 0) is 25.0 Å². The summed E-state index contributed by atoms with van der Waals surface area (Å²) in [5.74, 6) is 0.858. The Morgan fingerprint density at radius 1 is 1.20 bits per heavy atom. The topological polar surface area (TPSA) is 43.4 Å². The average Bonchev–Trinajstić information content (AvgIpc) is 2.53. The third kappa shape index (κ3) is 3.26. The first-order valence-corrected chi connectivity index (χ1v) is 7.21. The lowest BCUT2D eigenvalue weighted by atomic mass is 10.1. The van der Waals surface area contributed by atoms with Crippen molar-refractivity contribution in [3.8, 4) is 5.75 Å². The number of hydrogen-bond donors (Lipinski definition) is 1. The Kier molecular flexibility index (Phi) is 4.46. The summed E-state index contributed by atoms with van der Waals surface area (Å²) in [6.45, 7) is 3.25. The highest BCUT2D eigenvalue weighted by Crippen LogP contribution is 2.22. The lowest BCUT2D eigenvalue weighted by molar-refractivity contribution is 0.0770. The maximum atomic E-state index is 5.85. The monoisotopic (exact) mass is 272 g/mol. The third-order valence-corrected chi connectivity index (χ3v) is 3.61. The molecular formula is C16H20N2O2. The highest BCUT2D eigenvalue weighted by atomic mass is 16.5. The van der Waals surface area contributed by atoms with E-state index in [0.717, 1.165) is 49.3 Å². The fraction of sp³-hybridized carbons (Fsp3) is 0.438. The van der Waals surface area contributed by atoms with Crippen LogP contribution in [0.3, 0.4) is 0 Å². The zero-order chi connectivity index (χ0) is 13.6. The van der Waals surface area contributed by atoms with Crippen molar-refractivity contribution < 1.29 is 9.47 Å². The van der Waals surface area contributed by atoms with E-state index in [2.05, 4.69) is 22.4 Å². The number of rotatable bonds is 5. The Bertz CT molecular complexity index is 548. The van der Waals surface area contributed by atoms with E-state index in [1.54, 1.807) is 6.20 Å². The normalized spacial score (nSPS) is 16.4. The van der Waals surface area contributed by atoms with Gasteiger partial charge in [-0.1, -0.05) is 18.2 Å². The molecule has 20 heavy (non-hydrogen) atoms. The van der Waals surface area contributed by atoms with Crippen molar-refractivity contribution in [3.05, 3.63) is 36.5 Å². The molecule has 0 amide bonds. The van der Waals surface area contributed by atoms with Crippen LogP contribution in [0.2, 0.25) is 0 Å². The molecule has 2 aromatic rings. The van der Waals surface area contributed by atoms with E-state index in [1.165, 1.54) is 0 Å². The van der Waals surface area contributed by atoms with Gasteiger partial charge in [-0.15, -0.1) is 0 Å². The first kappa shape index (κ1) is 13.3. The van der Waals surface area contributed by atoms with Gasteiger partial charge in [0, 0.05) is 37.4 Å². The molecule has 1 fully saturated rings. The van der Waals surface area contributed by atoms with Gasteiger partial charge in [0.05, 0.1) is 0 Å². The number of hydrogen-bond acceptors (Lipinski definition) is 4. The van der Waals surface area contributed by atoms with E-state index in [9.17, 15) is 0 Å². The van der Waals surface area contributed by atoms with Gasteiger partial charge < -0.3 is 14.8 Å². The highest BCUT2D eigenvalue weighted by Gasteiger charge is 2.12. The SMILES string of the molecule is c1cnc2c(OCCNC3CCOCC3)cccc2c1. The van der Waals surface area contributed by atoms with E-state index < -0.39 is 0 Å². The summed E-state index contributed by atoms with van der Waals surface area (Å²) in [6, 6.07) is 10.6. The molecule has 1 saturated heterocycles. The van der Waals surface area contributed by atoms with Crippen LogP contribution >= 0.6 is 0 Å². The molecule has 2 heterocycles. The van der Waals surface area contributed by atoms with E-state index >= 15 is 0 Å². The summed E-state index contributed by atoms with van der Waals surface area (Å²) < 4.78 is 11.2. The van der Waals surface area contributed by atoms with E-state index in [0.29, 0.717) is 12.6 Å². The molecular weight excluding hydrogens is 252 g/mol. The lowest BCUT2D eigenvalue weighted by Crippen LogP contribution is -2.37. The van der Waals surface area contributed by atoms with Crippen LogP contribution < -0.4 is 10.1 Å². The van der Waals surface area contributed by atoms with E-state index in [-0.39, 0.29) is 0 Å². The fourth-order valence-corrected chi connectivity index (χ4v) is 2.52. The molecule has 1 aliphatic heterocycles. The summed E-state index contributed by atoms with van der Waals surface area (Å²) >= 11 is 0. The van der Waals surface area contributed by atoms with Crippen LogP contribution in [0.15, 0.2) is 36.5 Å². The largest absolute Gasteiger partial charge is 0.490 e. The highest BCUT2D eigenvalue weighted by molar-refractivity contribution is 5.84. The van der Waals surface area contributed by atoms with Crippen molar-refractivity contribution >= 4 is 10.9 Å². The first-order chi connectivity index (χ1) is 9.93. The molecule has 0 atom stereocenters. The number of para-hydroxylation sites is 1. The molecule has 0 saturated carbocycles. The van der Waals surface area contributed by atoms with Crippen molar-refractivity contribution in [1.29, 1.82) is 0 Å². The Morgan fingerprint density at radius 2 is 2.05 bits per heavy atom. The number of nitrogens with zero attached hydrogens (tertiary/aromatic N) is 1. The van der Waals surface area contributed by atoms with Crippen LogP contribution in [0.1, 0.15) is 12.8 Å². The zero-order valence-corrected chi connectivity index (χ0v) is 11.5. The summed E-state index contributed by atoms with van der Waals surface area (Å²) in [5.41, 5.74) is 0.932. The lowest BCUT2D eigenvalue weighted by Gasteiger charge is -2.23. The number of aromatic nitrogens is 1. The van der Waals surface area contributed by atoms with E-state index in [4.69, 9.17) is 9.47 Å². The van der Waals surface area contributed by atoms with Crippen molar-refractivity contribution in [2.24, 2.45) is 0 Å². The molecule has 4 nitrogen and oxygen atoms in total. The van der Waals surface area contributed by atoms with Crippen LogP contribution in [0, 0.1) is 0 Å². The number of nitrogens with one attached hydrogen (secondary N) is 1. The maximum Gasteiger partial charge on any atom is 0.145 e. The van der Waals surface area contributed by atoms with Gasteiger partial charge >= 0.3 is 0 Å². The van der Waals surface area contributed by atoms with Crippen molar-refractivity contribution in [1.82, 2.24) is 10.3 Å². The number of ether oxygens (including phenoxy) is 2. The quantitative estimate of drug-likeness (QED) is 0.849. The Balaban J connectivity index is 1.52. The molecule has 0 aliphatic carbocycles. The molecule has 0 bridgehead atoms. The van der Waals surface area contributed by atoms with Crippen molar-refractivity contribution in [3.63, 3.8) is 0 Å². The van der Waals surface area contributed by atoms with Gasteiger partial charge in [0.15, 0.2) is 0 Å². The van der Waals surface area contributed by atoms with Gasteiger partial charge in [-0.3, -0.25) is 4.98 Å². The Labute approximate surface area is 119 Å². The molecule has 0 unspecified atom stereocenters. The van der Waals surface area contributed by atoms with Gasteiger partial charge in [-0.25, -0.2) is 0 Å². The average molecular weight is 272 g/mol. The Morgan fingerprint density at radius 3 is 2.95 bits per heavy atom. The van der Waals surface area contributed by atoms with Gasteiger partial charge in [0.2, 0.25) is 0 Å². The molecule has 1 N–H and O–H groups in total. The fourth-order valence-electron chi connectivity index (χ4n) is 2.52. The molecule has 1 aromatic heterocycles. The minimum Gasteiger partial charge on any atom is -0.490 e. The van der Waals surface area contributed by atoms with Crippen LogP contribution in [0.5, 0.6) is 5.75 Å². The van der Waals surface area contributed by atoms with Gasteiger partial charge in [-0.2, -0.15) is 0 Å². The predicted octanol–water partition coefficient (Wildman–Crippen LogP) is 2.38. The second-order valence-electron chi connectivity index (χ2n) is 5.02. The van der Waals surface area contributed by atoms with Gasteiger partial charge in [0.1, 0.15) is 17.9 Å². The van der Waals surface area contributed by atoms with Crippen molar-refractivity contribution in [2.45, 2.75) is 18.9 Å². The second-order valence-corrected chi connectivity index (χ2v) is 5.02. The maximum absolute atomic E-state index is 5.85. The predicted molar refractivity (Wildman–Crippen MR) is 79.1 cm³/mol.